The van der Waals surface area contributed by atoms with E-state index in [1.54, 1.807) is 11.3 Å². The summed E-state index contributed by atoms with van der Waals surface area (Å²) in [7, 11) is -5.22. The number of rotatable bonds is 6. The average molecular weight is 540 g/mol. The Balaban J connectivity index is 0.00000364. The highest BCUT2D eigenvalue weighted by Gasteiger charge is 2.50. The molecule has 2 rings (SSSR count). The molecule has 1 aromatic heterocycles. The van der Waals surface area contributed by atoms with E-state index >= 15 is 0 Å². The molecule has 1 saturated heterocycles. The summed E-state index contributed by atoms with van der Waals surface area (Å²) in [5.74, 6) is 0.742. The van der Waals surface area contributed by atoms with E-state index < -0.39 is 15.5 Å². The van der Waals surface area contributed by atoms with Gasteiger partial charge >= 0.3 is 15.5 Å². The summed E-state index contributed by atoms with van der Waals surface area (Å²) in [6.45, 7) is 3.50. The minimum atomic E-state index is -5.23. The molecule has 2 N–H and O–H groups in total. The molecule has 6 nitrogen and oxygen atoms in total. The zero-order valence-electron chi connectivity index (χ0n) is 14.8. The minimum absolute atomic E-state index is 0. The number of thiophene rings is 1. The van der Waals surface area contributed by atoms with Gasteiger partial charge in [0.05, 0.1) is 6.54 Å². The van der Waals surface area contributed by atoms with Gasteiger partial charge in [0.1, 0.15) is 0 Å². The van der Waals surface area contributed by atoms with E-state index in [1.807, 2.05) is 24.4 Å². The van der Waals surface area contributed by atoms with Crippen molar-refractivity contribution in [2.24, 2.45) is 10.9 Å². The maximum atomic E-state index is 12.6. The Morgan fingerprint density at radius 1 is 1.33 bits per heavy atom. The van der Waals surface area contributed by atoms with E-state index in [0.29, 0.717) is 42.7 Å². The van der Waals surface area contributed by atoms with Crippen LogP contribution in [-0.4, -0.2) is 50.4 Å². The summed E-state index contributed by atoms with van der Waals surface area (Å²) in [4.78, 5) is 5.61. The van der Waals surface area contributed by atoms with Gasteiger partial charge in [0.25, 0.3) is 0 Å². The second-order valence-electron chi connectivity index (χ2n) is 5.95. The van der Waals surface area contributed by atoms with Crippen molar-refractivity contribution in [2.45, 2.75) is 31.8 Å². The molecular weight excluding hydrogens is 516 g/mol. The average Bonchev–Trinajstić information content (AvgIpc) is 3.10. The molecule has 0 atom stereocenters. The van der Waals surface area contributed by atoms with Crippen LogP contribution < -0.4 is 10.6 Å². The highest BCUT2D eigenvalue weighted by atomic mass is 127. The second kappa shape index (κ2) is 10.8. The van der Waals surface area contributed by atoms with Gasteiger partial charge in [-0.3, -0.25) is 0 Å². The van der Waals surface area contributed by atoms with Crippen molar-refractivity contribution in [3.8, 4) is 0 Å². The molecule has 0 amide bonds. The zero-order valence-corrected chi connectivity index (χ0v) is 18.8. The Bertz CT molecular complexity index is 688. The predicted molar refractivity (Wildman–Crippen MR) is 112 cm³/mol. The van der Waals surface area contributed by atoms with Crippen LogP contribution in [0, 0.1) is 5.92 Å². The highest BCUT2D eigenvalue weighted by molar-refractivity contribution is 14.0. The van der Waals surface area contributed by atoms with Crippen LogP contribution in [0.25, 0.3) is 0 Å². The Hall–Kier alpha value is -0.600. The van der Waals surface area contributed by atoms with Crippen molar-refractivity contribution in [3.05, 3.63) is 22.4 Å². The molecule has 2 heterocycles. The lowest BCUT2D eigenvalue weighted by Crippen LogP contribution is -2.47. The number of nitrogens with zero attached hydrogens (tertiary/aromatic N) is 2. The molecule has 0 radical (unpaired) electrons. The normalized spacial score (nSPS) is 17.4. The fourth-order valence-corrected chi connectivity index (χ4v) is 4.25. The lowest BCUT2D eigenvalue weighted by Gasteiger charge is -2.31. The van der Waals surface area contributed by atoms with Gasteiger partial charge in [-0.25, -0.2) is 13.4 Å². The summed E-state index contributed by atoms with van der Waals surface area (Å²) in [5, 5.41) is 8.30. The van der Waals surface area contributed by atoms with Gasteiger partial charge < -0.3 is 10.6 Å². The smallest absolute Gasteiger partial charge is 0.357 e. The fraction of sp³-hybridized carbons (Fsp3) is 0.667. The monoisotopic (exact) mass is 540 g/mol. The van der Waals surface area contributed by atoms with Crippen LogP contribution in [0.5, 0.6) is 0 Å². The number of piperidine rings is 1. The molecule has 0 aliphatic carbocycles. The number of aliphatic imine (C=N–C) groups is 1. The third kappa shape index (κ3) is 7.06. The maximum Gasteiger partial charge on any atom is 0.511 e. The molecule has 0 spiro atoms. The third-order valence-corrected chi connectivity index (χ3v) is 6.57. The van der Waals surface area contributed by atoms with Crippen LogP contribution in [-0.2, 0) is 16.6 Å². The number of guanidine groups is 1. The van der Waals surface area contributed by atoms with Crippen molar-refractivity contribution in [1.29, 1.82) is 0 Å². The first-order valence-electron chi connectivity index (χ1n) is 8.35. The van der Waals surface area contributed by atoms with Crippen LogP contribution in [0.1, 0.15) is 24.6 Å². The molecule has 12 heteroatoms. The van der Waals surface area contributed by atoms with Gasteiger partial charge in [-0.2, -0.15) is 17.5 Å². The van der Waals surface area contributed by atoms with E-state index in [0.717, 1.165) is 4.88 Å². The molecular formula is C15H24F3IN4O2S2. The first-order chi connectivity index (χ1) is 12.2. The number of hydrogen-bond donors (Lipinski definition) is 2. The lowest BCUT2D eigenvalue weighted by molar-refractivity contribution is -0.0496. The molecule has 1 aliphatic heterocycles. The van der Waals surface area contributed by atoms with Gasteiger partial charge in [-0.05, 0) is 37.1 Å². The first-order valence-corrected chi connectivity index (χ1v) is 10.7. The Morgan fingerprint density at radius 3 is 2.52 bits per heavy atom. The summed E-state index contributed by atoms with van der Waals surface area (Å²) < 4.78 is 61.1. The van der Waals surface area contributed by atoms with Crippen molar-refractivity contribution in [3.63, 3.8) is 0 Å². The van der Waals surface area contributed by atoms with Crippen LogP contribution >= 0.6 is 35.3 Å². The molecule has 156 valence electrons. The quantitative estimate of drug-likeness (QED) is 0.331. The fourth-order valence-electron chi connectivity index (χ4n) is 2.64. The Labute approximate surface area is 178 Å². The van der Waals surface area contributed by atoms with Gasteiger partial charge in [0, 0.05) is 31.1 Å². The van der Waals surface area contributed by atoms with Crippen LogP contribution in [0.4, 0.5) is 13.2 Å². The number of halogens is 4. The van der Waals surface area contributed by atoms with Crippen LogP contribution in [0.3, 0.4) is 0 Å². The number of alkyl halides is 3. The van der Waals surface area contributed by atoms with Gasteiger partial charge in [0.15, 0.2) is 5.96 Å². The van der Waals surface area contributed by atoms with E-state index in [9.17, 15) is 21.6 Å². The molecule has 1 fully saturated rings. The number of hydrogen-bond acceptors (Lipinski definition) is 4. The summed E-state index contributed by atoms with van der Waals surface area (Å²) >= 11 is 1.62. The maximum absolute atomic E-state index is 12.6. The molecule has 0 aromatic carbocycles. The highest BCUT2D eigenvalue weighted by Crippen LogP contribution is 2.30. The first kappa shape index (κ1) is 24.4. The molecule has 0 unspecified atom stereocenters. The summed E-state index contributed by atoms with van der Waals surface area (Å²) in [5.41, 5.74) is -5.23. The largest absolute Gasteiger partial charge is 0.511 e. The van der Waals surface area contributed by atoms with Crippen molar-refractivity contribution >= 4 is 51.3 Å². The molecule has 0 bridgehead atoms. The standard InChI is InChI=1S/C15H23F3N4O2S2.HI/c1-2-19-14(21-11-13-4-3-9-25-13)20-10-12-5-7-22(8-6-12)26(23,24)15(16,17)18;/h3-4,9,12H,2,5-8,10-11H2,1H3,(H2,19,20,21);1H. The van der Waals surface area contributed by atoms with Crippen LogP contribution in [0.15, 0.2) is 22.5 Å². The van der Waals surface area contributed by atoms with Crippen molar-refractivity contribution in [2.75, 3.05) is 26.2 Å². The van der Waals surface area contributed by atoms with E-state index in [2.05, 4.69) is 15.6 Å². The number of nitrogens with one attached hydrogen (secondary N) is 2. The molecule has 0 saturated carbocycles. The lowest BCUT2D eigenvalue weighted by atomic mass is 9.98. The van der Waals surface area contributed by atoms with E-state index in [4.69, 9.17) is 0 Å². The van der Waals surface area contributed by atoms with Crippen molar-refractivity contribution < 1.29 is 21.6 Å². The van der Waals surface area contributed by atoms with E-state index in [1.165, 1.54) is 0 Å². The van der Waals surface area contributed by atoms with Gasteiger partial charge in [-0.15, -0.1) is 35.3 Å². The molecule has 27 heavy (non-hydrogen) atoms. The predicted octanol–water partition coefficient (Wildman–Crippen LogP) is 2.98. The van der Waals surface area contributed by atoms with Gasteiger partial charge in [0.2, 0.25) is 0 Å². The second-order valence-corrected chi connectivity index (χ2v) is 8.91. The molecule has 1 aromatic rings. The topological polar surface area (TPSA) is 73.8 Å². The van der Waals surface area contributed by atoms with Crippen LogP contribution in [0.2, 0.25) is 0 Å². The Morgan fingerprint density at radius 2 is 2.00 bits per heavy atom. The Kier molecular flexibility index (Phi) is 9.79. The SMILES string of the molecule is CCNC(=NCc1cccs1)NCC1CCN(S(=O)(=O)C(F)(F)F)CC1.I. The summed E-state index contributed by atoms with van der Waals surface area (Å²) in [6.07, 6.45) is 0.763. The summed E-state index contributed by atoms with van der Waals surface area (Å²) in [6, 6.07) is 3.95. The van der Waals surface area contributed by atoms with E-state index in [-0.39, 0.29) is 43.0 Å². The third-order valence-electron chi connectivity index (χ3n) is 4.08. The van der Waals surface area contributed by atoms with Crippen molar-refractivity contribution in [1.82, 2.24) is 14.9 Å². The van der Waals surface area contributed by atoms with Gasteiger partial charge in [-0.1, -0.05) is 6.07 Å². The zero-order chi connectivity index (χ0) is 19.2. The number of sulfonamides is 1. The minimum Gasteiger partial charge on any atom is -0.357 e. The molecule has 1 aliphatic rings.